The van der Waals surface area contributed by atoms with Gasteiger partial charge in [0.05, 0.1) is 0 Å². The molecule has 0 bridgehead atoms. The fourth-order valence-electron chi connectivity index (χ4n) is 2.14. The van der Waals surface area contributed by atoms with Gasteiger partial charge in [0.2, 0.25) is 0 Å². The zero-order valence-electron chi connectivity index (χ0n) is 11.2. The molecule has 0 spiro atoms. The lowest BCUT2D eigenvalue weighted by atomic mass is 10.0. The molecule has 0 aliphatic carbocycles. The van der Waals surface area contributed by atoms with Gasteiger partial charge in [0.25, 0.3) is 0 Å². The average Bonchev–Trinajstić information content (AvgIpc) is 2.98. The Hall–Kier alpha value is -2.61. The molecule has 2 heteroatoms. The normalized spacial score (nSPS) is 10.4. The summed E-state index contributed by atoms with van der Waals surface area (Å²) < 4.78 is 5.53. The van der Waals surface area contributed by atoms with Gasteiger partial charge in [-0.15, -0.1) is 0 Å². The molecule has 3 rings (SSSR count). The van der Waals surface area contributed by atoms with Gasteiger partial charge in [0.15, 0.2) is 11.5 Å². The van der Waals surface area contributed by atoms with Gasteiger partial charge in [0, 0.05) is 12.5 Å². The summed E-state index contributed by atoms with van der Waals surface area (Å²) in [5.41, 5.74) is 3.31. The van der Waals surface area contributed by atoms with Gasteiger partial charge in [-0.05, 0) is 23.3 Å². The molecule has 2 aromatic carbocycles. The van der Waals surface area contributed by atoms with E-state index in [-0.39, 0.29) is 5.78 Å². The third-order valence-corrected chi connectivity index (χ3v) is 3.23. The Bertz CT molecular complexity index is 722. The number of hydrogen-bond acceptors (Lipinski definition) is 2. The summed E-state index contributed by atoms with van der Waals surface area (Å²) in [4.78, 5) is 11.2. The minimum absolute atomic E-state index is 0.0582. The molecule has 0 atom stereocenters. The van der Waals surface area contributed by atoms with Crippen LogP contribution in [0.2, 0.25) is 0 Å². The van der Waals surface area contributed by atoms with Gasteiger partial charge in [-0.25, -0.2) is 0 Å². The van der Waals surface area contributed by atoms with Crippen molar-refractivity contribution in [3.8, 4) is 22.5 Å². The Labute approximate surface area is 117 Å². The van der Waals surface area contributed by atoms with Crippen LogP contribution in [0.15, 0.2) is 71.1 Å². The van der Waals surface area contributed by atoms with E-state index in [2.05, 4.69) is 24.3 Å². The van der Waals surface area contributed by atoms with Gasteiger partial charge in [-0.1, -0.05) is 54.6 Å². The third kappa shape index (κ3) is 2.41. The average molecular weight is 262 g/mol. The molecule has 1 aromatic heterocycles. The number of hydrogen-bond donors (Lipinski definition) is 0. The van der Waals surface area contributed by atoms with Crippen molar-refractivity contribution in [2.45, 2.75) is 6.92 Å². The van der Waals surface area contributed by atoms with E-state index in [0.717, 1.165) is 16.9 Å². The summed E-state index contributed by atoms with van der Waals surface area (Å²) >= 11 is 0. The standard InChI is InChI=1S/C18H14O2/c1-13(19)17-11-12-18(20-17)16-9-7-15(8-10-16)14-5-3-2-4-6-14/h2-12H,1H3. The zero-order valence-corrected chi connectivity index (χ0v) is 11.2. The van der Waals surface area contributed by atoms with Gasteiger partial charge in [0.1, 0.15) is 5.76 Å². The van der Waals surface area contributed by atoms with E-state index in [0.29, 0.717) is 5.76 Å². The van der Waals surface area contributed by atoms with Crippen molar-refractivity contribution in [2.24, 2.45) is 0 Å². The highest BCUT2D eigenvalue weighted by Gasteiger charge is 2.08. The predicted octanol–water partition coefficient (Wildman–Crippen LogP) is 4.82. The van der Waals surface area contributed by atoms with Crippen LogP contribution in [0.25, 0.3) is 22.5 Å². The van der Waals surface area contributed by atoms with E-state index in [1.54, 1.807) is 6.07 Å². The maximum absolute atomic E-state index is 11.2. The predicted molar refractivity (Wildman–Crippen MR) is 79.6 cm³/mol. The molecule has 0 amide bonds. The van der Waals surface area contributed by atoms with Crippen LogP contribution in [0.5, 0.6) is 0 Å². The lowest BCUT2D eigenvalue weighted by Gasteiger charge is -2.02. The topological polar surface area (TPSA) is 30.2 Å². The van der Waals surface area contributed by atoms with E-state index in [9.17, 15) is 4.79 Å². The van der Waals surface area contributed by atoms with Crippen LogP contribution in [0, 0.1) is 0 Å². The maximum Gasteiger partial charge on any atom is 0.194 e. The first-order valence-electron chi connectivity index (χ1n) is 6.51. The van der Waals surface area contributed by atoms with Crippen LogP contribution < -0.4 is 0 Å². The Morgan fingerprint density at radius 1 is 0.750 bits per heavy atom. The summed E-state index contributed by atoms with van der Waals surface area (Å²) in [5.74, 6) is 1.05. The first kappa shape index (κ1) is 12.4. The lowest BCUT2D eigenvalue weighted by molar-refractivity contribution is 0.0988. The summed E-state index contributed by atoms with van der Waals surface area (Å²) in [6.07, 6.45) is 0. The minimum Gasteiger partial charge on any atom is -0.453 e. The van der Waals surface area contributed by atoms with Crippen LogP contribution in [-0.4, -0.2) is 5.78 Å². The van der Waals surface area contributed by atoms with Crippen molar-refractivity contribution in [1.82, 2.24) is 0 Å². The van der Waals surface area contributed by atoms with Gasteiger partial charge >= 0.3 is 0 Å². The molecular formula is C18H14O2. The Morgan fingerprint density at radius 2 is 1.35 bits per heavy atom. The SMILES string of the molecule is CC(=O)c1ccc(-c2ccc(-c3ccccc3)cc2)o1. The second-order valence-electron chi connectivity index (χ2n) is 4.66. The summed E-state index contributed by atoms with van der Waals surface area (Å²) in [7, 11) is 0. The molecule has 2 nitrogen and oxygen atoms in total. The fourth-order valence-corrected chi connectivity index (χ4v) is 2.14. The molecule has 20 heavy (non-hydrogen) atoms. The first-order chi connectivity index (χ1) is 9.74. The largest absolute Gasteiger partial charge is 0.453 e. The number of Topliss-reactive ketones (excluding diaryl/α,β-unsaturated/α-hetero) is 1. The zero-order chi connectivity index (χ0) is 13.9. The monoisotopic (exact) mass is 262 g/mol. The molecule has 0 saturated heterocycles. The quantitative estimate of drug-likeness (QED) is 0.634. The highest BCUT2D eigenvalue weighted by Crippen LogP contribution is 2.26. The minimum atomic E-state index is -0.0582. The summed E-state index contributed by atoms with van der Waals surface area (Å²) in [5, 5.41) is 0. The van der Waals surface area contributed by atoms with Gasteiger partial charge in [-0.2, -0.15) is 0 Å². The molecule has 0 unspecified atom stereocenters. The third-order valence-electron chi connectivity index (χ3n) is 3.23. The Morgan fingerprint density at radius 3 is 1.95 bits per heavy atom. The molecule has 0 aliphatic rings. The van der Waals surface area contributed by atoms with Gasteiger partial charge in [-0.3, -0.25) is 4.79 Å². The second kappa shape index (κ2) is 5.17. The smallest absolute Gasteiger partial charge is 0.194 e. The van der Waals surface area contributed by atoms with Crippen LogP contribution in [0.1, 0.15) is 17.5 Å². The molecule has 98 valence electrons. The number of benzene rings is 2. The number of ketones is 1. The molecule has 0 fully saturated rings. The first-order valence-corrected chi connectivity index (χ1v) is 6.51. The molecule has 1 heterocycles. The number of rotatable bonds is 3. The van der Waals surface area contributed by atoms with Crippen molar-refractivity contribution in [1.29, 1.82) is 0 Å². The van der Waals surface area contributed by atoms with Gasteiger partial charge < -0.3 is 4.42 Å². The van der Waals surface area contributed by atoms with Crippen molar-refractivity contribution >= 4 is 5.78 Å². The van der Waals surface area contributed by atoms with Crippen molar-refractivity contribution in [2.75, 3.05) is 0 Å². The highest BCUT2D eigenvalue weighted by molar-refractivity contribution is 5.91. The van der Waals surface area contributed by atoms with E-state index >= 15 is 0 Å². The number of carbonyl (C=O) groups excluding carboxylic acids is 1. The van der Waals surface area contributed by atoms with E-state index < -0.39 is 0 Å². The molecule has 0 saturated carbocycles. The Kier molecular flexibility index (Phi) is 3.21. The van der Waals surface area contributed by atoms with E-state index in [4.69, 9.17) is 4.42 Å². The van der Waals surface area contributed by atoms with E-state index in [1.807, 2.05) is 36.4 Å². The van der Waals surface area contributed by atoms with Crippen molar-refractivity contribution < 1.29 is 9.21 Å². The molecule has 0 N–H and O–H groups in total. The van der Waals surface area contributed by atoms with Crippen LogP contribution in [0.3, 0.4) is 0 Å². The Balaban J connectivity index is 1.91. The summed E-state index contributed by atoms with van der Waals surface area (Å²) in [6.45, 7) is 1.50. The van der Waals surface area contributed by atoms with Crippen LogP contribution in [-0.2, 0) is 0 Å². The maximum atomic E-state index is 11.2. The molecule has 0 aliphatic heterocycles. The molecule has 3 aromatic rings. The van der Waals surface area contributed by atoms with Crippen molar-refractivity contribution in [3.05, 3.63) is 72.5 Å². The highest BCUT2D eigenvalue weighted by atomic mass is 16.3. The van der Waals surface area contributed by atoms with Crippen LogP contribution >= 0.6 is 0 Å². The van der Waals surface area contributed by atoms with Crippen molar-refractivity contribution in [3.63, 3.8) is 0 Å². The van der Waals surface area contributed by atoms with E-state index in [1.165, 1.54) is 12.5 Å². The summed E-state index contributed by atoms with van der Waals surface area (Å²) in [6, 6.07) is 21.9. The van der Waals surface area contributed by atoms with Crippen LogP contribution in [0.4, 0.5) is 0 Å². The fraction of sp³-hybridized carbons (Fsp3) is 0.0556. The lowest BCUT2D eigenvalue weighted by Crippen LogP contribution is -1.86. The second-order valence-corrected chi connectivity index (χ2v) is 4.66. The molecular weight excluding hydrogens is 248 g/mol. The molecule has 0 radical (unpaired) electrons. The number of carbonyl (C=O) groups is 1. The number of furan rings is 1.